The van der Waals surface area contributed by atoms with Crippen LogP contribution in [0.2, 0.25) is 0 Å². The fourth-order valence-electron chi connectivity index (χ4n) is 1.45. The van der Waals surface area contributed by atoms with Crippen molar-refractivity contribution >= 4 is 28.7 Å². The molecule has 8 heteroatoms. The molecule has 0 bridgehead atoms. The Bertz CT molecular complexity index is 569. The molecule has 100 valence electrons. The van der Waals surface area contributed by atoms with Crippen molar-refractivity contribution in [1.29, 1.82) is 0 Å². The second kappa shape index (κ2) is 5.04. The van der Waals surface area contributed by atoms with Gasteiger partial charge < -0.3 is 5.32 Å². The molecule has 2 amide bonds. The summed E-state index contributed by atoms with van der Waals surface area (Å²) in [6.45, 7) is 0. The Kier molecular flexibility index (Phi) is 3.61. The van der Waals surface area contributed by atoms with Crippen molar-refractivity contribution in [2.24, 2.45) is 4.99 Å². The summed E-state index contributed by atoms with van der Waals surface area (Å²) < 4.78 is 38.1. The molecule has 1 fully saturated rings. The summed E-state index contributed by atoms with van der Waals surface area (Å²) in [5, 5.41) is 2.31. The van der Waals surface area contributed by atoms with Gasteiger partial charge in [0, 0.05) is 0 Å². The minimum atomic E-state index is -4.63. The fourth-order valence-corrected chi connectivity index (χ4v) is 2.13. The van der Waals surface area contributed by atoms with E-state index in [1.54, 1.807) is 0 Å². The standard InChI is InChI=1S/C11H7F3N2O2S/c12-11(13,14)7-4-2-1-3-6(7)9(18)16-10-15-8(17)5-19-10/h1-4H,5H2,(H,15,16,17,18). The minimum Gasteiger partial charge on any atom is -0.304 e. The minimum absolute atomic E-state index is 0.0203. The molecule has 0 spiro atoms. The zero-order chi connectivity index (χ0) is 14.0. The SMILES string of the molecule is O=C1CSC(=NC(=O)c2ccccc2C(F)(F)F)N1. The van der Waals surface area contributed by atoms with E-state index in [2.05, 4.69) is 10.3 Å². The Morgan fingerprint density at radius 2 is 2.00 bits per heavy atom. The summed E-state index contributed by atoms with van der Waals surface area (Å²) in [5.74, 6) is -1.26. The van der Waals surface area contributed by atoms with Crippen molar-refractivity contribution in [2.75, 3.05) is 5.75 Å². The first-order chi connectivity index (χ1) is 8.88. The highest BCUT2D eigenvalue weighted by molar-refractivity contribution is 8.15. The fraction of sp³-hybridized carbons (Fsp3) is 0.182. The first-order valence-corrected chi connectivity index (χ1v) is 6.08. The van der Waals surface area contributed by atoms with Crippen molar-refractivity contribution in [3.63, 3.8) is 0 Å². The second-order valence-corrected chi connectivity index (χ2v) is 4.57. The highest BCUT2D eigenvalue weighted by Crippen LogP contribution is 2.32. The Balaban J connectivity index is 2.32. The monoisotopic (exact) mass is 288 g/mol. The predicted octanol–water partition coefficient (Wildman–Crippen LogP) is 2.06. The molecule has 0 atom stereocenters. The average molecular weight is 288 g/mol. The summed E-state index contributed by atoms with van der Waals surface area (Å²) >= 11 is 0.974. The molecule has 0 aliphatic carbocycles. The van der Waals surface area contributed by atoms with Gasteiger partial charge in [0.15, 0.2) is 5.17 Å². The van der Waals surface area contributed by atoms with Gasteiger partial charge in [-0.25, -0.2) is 0 Å². The molecule has 4 nitrogen and oxygen atoms in total. The summed E-state index contributed by atoms with van der Waals surface area (Å²) in [6, 6.07) is 4.38. The number of alkyl halides is 3. The third kappa shape index (κ3) is 3.14. The molecule has 1 heterocycles. The van der Waals surface area contributed by atoms with Gasteiger partial charge in [-0.2, -0.15) is 18.2 Å². The summed E-state index contributed by atoms with van der Waals surface area (Å²) in [6.07, 6.45) is -4.63. The molecule has 1 N–H and O–H groups in total. The lowest BCUT2D eigenvalue weighted by Gasteiger charge is -2.09. The highest BCUT2D eigenvalue weighted by Gasteiger charge is 2.35. The number of nitrogens with zero attached hydrogens (tertiary/aromatic N) is 1. The van der Waals surface area contributed by atoms with E-state index in [1.807, 2.05) is 0 Å². The van der Waals surface area contributed by atoms with Crippen LogP contribution in [0, 0.1) is 0 Å². The molecular formula is C11H7F3N2O2S. The third-order valence-electron chi connectivity index (χ3n) is 2.25. The van der Waals surface area contributed by atoms with Crippen molar-refractivity contribution in [3.05, 3.63) is 35.4 Å². The molecule has 19 heavy (non-hydrogen) atoms. The Morgan fingerprint density at radius 3 is 2.58 bits per heavy atom. The third-order valence-corrected chi connectivity index (χ3v) is 3.13. The summed E-state index contributed by atoms with van der Waals surface area (Å²) in [5.41, 5.74) is -1.58. The largest absolute Gasteiger partial charge is 0.417 e. The van der Waals surface area contributed by atoms with Crippen LogP contribution in [0.25, 0.3) is 0 Å². The van der Waals surface area contributed by atoms with Crippen molar-refractivity contribution < 1.29 is 22.8 Å². The number of halogens is 3. The predicted molar refractivity (Wildman–Crippen MR) is 63.8 cm³/mol. The Hall–Kier alpha value is -1.83. The molecule has 1 aromatic rings. The van der Waals surface area contributed by atoms with Gasteiger partial charge in [0.05, 0.1) is 16.9 Å². The van der Waals surface area contributed by atoms with Crippen molar-refractivity contribution in [3.8, 4) is 0 Å². The number of rotatable bonds is 1. The quantitative estimate of drug-likeness (QED) is 0.860. The van der Waals surface area contributed by atoms with Crippen LogP contribution in [0.5, 0.6) is 0 Å². The van der Waals surface area contributed by atoms with E-state index in [4.69, 9.17) is 0 Å². The van der Waals surface area contributed by atoms with E-state index in [9.17, 15) is 22.8 Å². The van der Waals surface area contributed by atoms with Gasteiger partial charge in [-0.3, -0.25) is 9.59 Å². The maximum atomic E-state index is 12.7. The van der Waals surface area contributed by atoms with Crippen LogP contribution >= 0.6 is 11.8 Å². The first kappa shape index (κ1) is 13.6. The number of hydrogen-bond donors (Lipinski definition) is 1. The van der Waals surface area contributed by atoms with Gasteiger partial charge in [-0.15, -0.1) is 0 Å². The number of benzene rings is 1. The molecule has 1 aliphatic rings. The van der Waals surface area contributed by atoms with Gasteiger partial charge >= 0.3 is 6.18 Å². The van der Waals surface area contributed by atoms with Crippen LogP contribution in [0.1, 0.15) is 15.9 Å². The van der Waals surface area contributed by atoms with E-state index >= 15 is 0 Å². The zero-order valence-electron chi connectivity index (χ0n) is 9.32. The Morgan fingerprint density at radius 1 is 1.32 bits per heavy atom. The molecule has 0 radical (unpaired) electrons. The lowest BCUT2D eigenvalue weighted by molar-refractivity contribution is -0.137. The van der Waals surface area contributed by atoms with Gasteiger partial charge in [-0.05, 0) is 12.1 Å². The smallest absolute Gasteiger partial charge is 0.304 e. The van der Waals surface area contributed by atoms with Crippen LogP contribution in [0.3, 0.4) is 0 Å². The van der Waals surface area contributed by atoms with Gasteiger partial charge in [-0.1, -0.05) is 23.9 Å². The number of carbonyl (C=O) groups excluding carboxylic acids is 2. The van der Waals surface area contributed by atoms with Gasteiger partial charge in [0.1, 0.15) is 0 Å². The van der Waals surface area contributed by atoms with Crippen LogP contribution < -0.4 is 5.32 Å². The zero-order valence-corrected chi connectivity index (χ0v) is 10.1. The molecule has 0 saturated carbocycles. The number of carbonyl (C=O) groups is 2. The van der Waals surface area contributed by atoms with E-state index in [0.29, 0.717) is 0 Å². The van der Waals surface area contributed by atoms with Gasteiger partial charge in [0.25, 0.3) is 5.91 Å². The molecule has 1 aromatic carbocycles. The molecule has 1 saturated heterocycles. The summed E-state index contributed by atoms with van der Waals surface area (Å²) in [7, 11) is 0. The number of thioether (sulfide) groups is 1. The number of aliphatic imine (C=N–C) groups is 1. The molecule has 0 aromatic heterocycles. The van der Waals surface area contributed by atoms with Crippen LogP contribution in [0.4, 0.5) is 13.2 Å². The normalized spacial score (nSPS) is 17.6. The van der Waals surface area contributed by atoms with Gasteiger partial charge in [0.2, 0.25) is 5.91 Å². The lowest BCUT2D eigenvalue weighted by atomic mass is 10.1. The highest BCUT2D eigenvalue weighted by atomic mass is 32.2. The number of nitrogens with one attached hydrogen (secondary N) is 1. The molecular weight excluding hydrogens is 281 g/mol. The second-order valence-electron chi connectivity index (χ2n) is 3.60. The molecule has 1 aliphatic heterocycles. The number of amidine groups is 1. The maximum Gasteiger partial charge on any atom is 0.417 e. The number of hydrogen-bond acceptors (Lipinski definition) is 3. The number of amides is 2. The van der Waals surface area contributed by atoms with E-state index in [-0.39, 0.29) is 16.8 Å². The Labute approximate surface area is 110 Å². The van der Waals surface area contributed by atoms with E-state index in [0.717, 1.165) is 23.9 Å². The average Bonchev–Trinajstić information content (AvgIpc) is 2.73. The summed E-state index contributed by atoms with van der Waals surface area (Å²) in [4.78, 5) is 26.1. The van der Waals surface area contributed by atoms with Crippen LogP contribution in [-0.2, 0) is 11.0 Å². The maximum absolute atomic E-state index is 12.7. The topological polar surface area (TPSA) is 58.5 Å². The molecule has 0 unspecified atom stereocenters. The van der Waals surface area contributed by atoms with Crippen LogP contribution in [0.15, 0.2) is 29.3 Å². The van der Waals surface area contributed by atoms with Crippen molar-refractivity contribution in [2.45, 2.75) is 6.18 Å². The molecule has 2 rings (SSSR count). The lowest BCUT2D eigenvalue weighted by Crippen LogP contribution is -2.21. The van der Waals surface area contributed by atoms with Crippen LogP contribution in [-0.4, -0.2) is 22.7 Å². The van der Waals surface area contributed by atoms with Crippen molar-refractivity contribution in [1.82, 2.24) is 5.32 Å². The van der Waals surface area contributed by atoms with E-state index < -0.39 is 23.2 Å². The first-order valence-electron chi connectivity index (χ1n) is 5.10. The van der Waals surface area contributed by atoms with E-state index in [1.165, 1.54) is 12.1 Å².